The van der Waals surface area contributed by atoms with Gasteiger partial charge in [0.1, 0.15) is 12.4 Å². The van der Waals surface area contributed by atoms with Gasteiger partial charge in [0.15, 0.2) is 24.7 Å². The first-order valence-corrected chi connectivity index (χ1v) is 14.6. The van der Waals surface area contributed by atoms with Crippen LogP contribution in [0.3, 0.4) is 0 Å². The number of alkyl halides is 3. The Labute approximate surface area is 216 Å². The summed E-state index contributed by atoms with van der Waals surface area (Å²) < 4.78 is 97.3. The van der Waals surface area contributed by atoms with Crippen LogP contribution in [0.5, 0.6) is 5.75 Å². The van der Waals surface area contributed by atoms with Crippen molar-refractivity contribution in [3.05, 3.63) is 89.1 Å². The van der Waals surface area contributed by atoms with E-state index in [2.05, 4.69) is 28.4 Å². The fourth-order valence-corrected chi connectivity index (χ4v) is 6.73. The lowest BCUT2D eigenvalue weighted by atomic mass is 10.3. The molecule has 0 aliphatic carbocycles. The topological polar surface area (TPSA) is 110 Å². The Kier molecular flexibility index (Phi) is 9.98. The summed E-state index contributed by atoms with van der Waals surface area (Å²) in [7, 11) is -11.8. The minimum absolute atomic E-state index is 0.0154. The number of hydrogen-bond acceptors (Lipinski definition) is 7. The first-order valence-electron chi connectivity index (χ1n) is 10.6. The fraction of sp³-hybridized carbons (Fsp3) is 0.217. The summed E-state index contributed by atoms with van der Waals surface area (Å²) in [5.41, 5.74) is -5.85. The van der Waals surface area contributed by atoms with Crippen LogP contribution in [0.25, 0.3) is 4.13 Å². The molecule has 0 spiro atoms. The van der Waals surface area contributed by atoms with Crippen LogP contribution >= 0.6 is 0 Å². The average molecular weight is 578 g/mol. The van der Waals surface area contributed by atoms with Gasteiger partial charge in [-0.2, -0.15) is 13.2 Å². The number of ether oxygens (including phenoxy) is 2. The smallest absolute Gasteiger partial charge is 0.480 e. The van der Waals surface area contributed by atoms with Crippen LogP contribution in [-0.4, -0.2) is 48.8 Å². The molecule has 0 aliphatic rings. The average Bonchev–Trinajstić information content (AvgIpc) is 2.84. The molecule has 3 aromatic rings. The van der Waals surface area contributed by atoms with E-state index in [0.29, 0.717) is 5.75 Å². The molecule has 0 bridgehead atoms. The summed E-state index contributed by atoms with van der Waals surface area (Å²) >= 11 is 0. The van der Waals surface area contributed by atoms with Gasteiger partial charge in [0, 0.05) is 0 Å². The van der Waals surface area contributed by atoms with Gasteiger partial charge >= 0.3 is 5.51 Å². The molecule has 8 nitrogen and oxygen atoms in total. The first kappa shape index (κ1) is 28.9. The Morgan fingerprint density at radius 1 is 0.676 bits per heavy atom. The van der Waals surface area contributed by atoms with Gasteiger partial charge in [-0.05, 0) is 48.5 Å². The number of nitrogens with zero attached hydrogens (tertiary/aromatic N) is 1. The minimum atomic E-state index is -6.23. The molecule has 0 saturated heterocycles. The first-order chi connectivity index (χ1) is 17.5. The molecular formula is C23H22F3NO7S3. The van der Waals surface area contributed by atoms with Gasteiger partial charge < -0.3 is 13.6 Å². The second-order valence-electron chi connectivity index (χ2n) is 7.11. The number of rotatable bonds is 13. The van der Waals surface area contributed by atoms with Crippen molar-refractivity contribution in [1.29, 1.82) is 0 Å². The van der Waals surface area contributed by atoms with E-state index in [-0.39, 0.29) is 30.7 Å². The zero-order chi connectivity index (χ0) is 26.9. The van der Waals surface area contributed by atoms with E-state index >= 15 is 0 Å². The molecule has 0 N–H and O–H groups in total. The summed E-state index contributed by atoms with van der Waals surface area (Å²) in [6, 6.07) is 27.8. The number of benzene rings is 3. The maximum absolute atomic E-state index is 12.2. The van der Waals surface area contributed by atoms with Crippen LogP contribution < -0.4 is 4.74 Å². The largest absolute Gasteiger partial charge is 0.491 e. The van der Waals surface area contributed by atoms with E-state index in [1.54, 1.807) is 4.13 Å². The standard InChI is InChI=1S/C23H22F3NO7S3/c24-23(25,26)36(28,29)27-37(30,31)34-18-16-32-15-17-33-19-11-13-22(14-12-19)35(20-7-3-1-4-8-20)21-9-5-2-6-10-21/h1-14H,15-18H2. The van der Waals surface area contributed by atoms with Crippen molar-refractivity contribution in [1.82, 2.24) is 0 Å². The Bertz CT molecular complexity index is 1300. The normalized spacial score (nSPS) is 12.5. The van der Waals surface area contributed by atoms with Crippen LogP contribution in [-0.2, 0) is 40.1 Å². The summed E-state index contributed by atoms with van der Waals surface area (Å²) in [6.07, 6.45) is 0. The highest BCUT2D eigenvalue weighted by atomic mass is 32.3. The van der Waals surface area contributed by atoms with E-state index in [9.17, 15) is 30.0 Å². The zero-order valence-electron chi connectivity index (χ0n) is 19.1. The van der Waals surface area contributed by atoms with Gasteiger partial charge in [0.05, 0.1) is 30.7 Å². The van der Waals surface area contributed by atoms with Gasteiger partial charge in [0.25, 0.3) is 0 Å². The molecule has 0 saturated carbocycles. The molecule has 0 radical (unpaired) electrons. The van der Waals surface area contributed by atoms with Crippen LogP contribution in [0.1, 0.15) is 0 Å². The minimum Gasteiger partial charge on any atom is -0.491 e. The molecular weight excluding hydrogens is 555 g/mol. The van der Waals surface area contributed by atoms with Gasteiger partial charge in [-0.25, -0.2) is 16.8 Å². The quantitative estimate of drug-likeness (QED) is 0.215. The summed E-state index contributed by atoms with van der Waals surface area (Å²) in [4.78, 5) is 3.44. The third kappa shape index (κ3) is 8.72. The van der Waals surface area contributed by atoms with Gasteiger partial charge in [-0.15, -0.1) is 0 Å². The lowest BCUT2D eigenvalue weighted by Crippen LogP contribution is -2.25. The van der Waals surface area contributed by atoms with Crippen LogP contribution in [0.15, 0.2) is 99.6 Å². The van der Waals surface area contributed by atoms with Crippen molar-refractivity contribution >= 4 is 31.2 Å². The third-order valence-corrected chi connectivity index (χ3v) is 9.25. The molecule has 0 amide bonds. The second-order valence-corrected chi connectivity index (χ2v) is 12.2. The number of halogens is 3. The molecule has 0 unspecified atom stereocenters. The van der Waals surface area contributed by atoms with E-state index in [0.717, 1.165) is 4.90 Å². The highest BCUT2D eigenvalue weighted by Crippen LogP contribution is 2.32. The third-order valence-electron chi connectivity index (χ3n) is 4.46. The van der Waals surface area contributed by atoms with Crippen molar-refractivity contribution in [3.8, 4) is 5.75 Å². The molecule has 200 valence electrons. The van der Waals surface area contributed by atoms with Crippen molar-refractivity contribution in [2.24, 2.45) is 0 Å². The van der Waals surface area contributed by atoms with Crippen LogP contribution in [0.2, 0.25) is 0 Å². The Morgan fingerprint density at radius 2 is 1.16 bits per heavy atom. The highest BCUT2D eigenvalue weighted by Gasteiger charge is 2.40. The molecule has 0 aliphatic heterocycles. The summed E-state index contributed by atoms with van der Waals surface area (Å²) in [5.74, 6) is 0.576. The molecule has 0 fully saturated rings. The SMILES string of the molecule is O=S(=O)([N-]S(=O)(=O)C(F)(F)F)OCCOCCOc1ccc([S+](c2ccccc2)c2ccccc2)cc1. The number of sulfonamides is 1. The lowest BCUT2D eigenvalue weighted by Gasteiger charge is -2.21. The second kappa shape index (κ2) is 12.8. The predicted octanol–water partition coefficient (Wildman–Crippen LogP) is 4.66. The highest BCUT2D eigenvalue weighted by molar-refractivity contribution is 8.10. The van der Waals surface area contributed by atoms with Gasteiger partial charge in [-0.1, -0.05) is 36.4 Å². The molecule has 3 rings (SSSR count). The van der Waals surface area contributed by atoms with E-state index in [4.69, 9.17) is 9.47 Å². The van der Waals surface area contributed by atoms with Crippen LogP contribution in [0, 0.1) is 0 Å². The van der Waals surface area contributed by atoms with Crippen molar-refractivity contribution in [3.63, 3.8) is 0 Å². The molecule has 0 heterocycles. The Balaban J connectivity index is 1.45. The molecule has 0 aromatic heterocycles. The van der Waals surface area contributed by atoms with Crippen molar-refractivity contribution < 1.29 is 43.7 Å². The zero-order valence-corrected chi connectivity index (χ0v) is 21.5. The maximum atomic E-state index is 12.2. The lowest BCUT2D eigenvalue weighted by molar-refractivity contribution is -0.0425. The molecule has 0 atom stereocenters. The van der Waals surface area contributed by atoms with E-state index in [1.165, 1.54) is 9.79 Å². The molecule has 3 aromatic carbocycles. The molecule has 37 heavy (non-hydrogen) atoms. The fourth-order valence-electron chi connectivity index (χ4n) is 2.90. The Morgan fingerprint density at radius 3 is 1.68 bits per heavy atom. The predicted molar refractivity (Wildman–Crippen MR) is 131 cm³/mol. The van der Waals surface area contributed by atoms with Crippen LogP contribution in [0.4, 0.5) is 13.2 Å². The number of hydrogen-bond donors (Lipinski definition) is 0. The summed E-state index contributed by atoms with van der Waals surface area (Å²) in [6.45, 7) is -0.959. The van der Waals surface area contributed by atoms with Gasteiger partial charge in [-0.3, -0.25) is 4.18 Å². The van der Waals surface area contributed by atoms with Crippen molar-refractivity contribution in [2.75, 3.05) is 26.4 Å². The van der Waals surface area contributed by atoms with Crippen molar-refractivity contribution in [2.45, 2.75) is 20.2 Å². The van der Waals surface area contributed by atoms with Gasteiger partial charge in [0.2, 0.25) is 10.3 Å². The maximum Gasteiger partial charge on any atom is 0.480 e. The van der Waals surface area contributed by atoms with E-state index in [1.807, 2.05) is 60.7 Å². The monoisotopic (exact) mass is 577 g/mol. The molecule has 14 heteroatoms. The Hall–Kier alpha value is -2.62. The summed E-state index contributed by atoms with van der Waals surface area (Å²) in [5, 5.41) is 0. The van der Waals surface area contributed by atoms with E-state index < -0.39 is 32.4 Å².